The number of para-hydroxylation sites is 1. The van der Waals surface area contributed by atoms with Crippen LogP contribution in [0.2, 0.25) is 0 Å². The summed E-state index contributed by atoms with van der Waals surface area (Å²) in [6.07, 6.45) is 0. The fraction of sp³-hybridized carbons (Fsp3) is 0. The van der Waals surface area contributed by atoms with Gasteiger partial charge in [0.2, 0.25) is 0 Å². The predicted octanol–water partition coefficient (Wildman–Crippen LogP) is 15.6. The number of benzene rings is 9. The standard InChI is InChI=1S/C52H33NOS/c1-2-11-34(12-3-1)40-30-41(39-25-28-50-47(33-39)44-15-6-8-19-49(44)54-50)32-43(31-40)53(48-18-10-17-46-45-16-7-9-20-51(45)55-52(46)48)42-26-23-36(24-27-42)38-22-21-35-13-4-5-14-37(35)29-38/h1-33H. The molecule has 0 spiro atoms. The largest absolute Gasteiger partial charge is 0.456 e. The van der Waals surface area contributed by atoms with Gasteiger partial charge >= 0.3 is 0 Å². The number of anilines is 3. The summed E-state index contributed by atoms with van der Waals surface area (Å²) >= 11 is 1.86. The van der Waals surface area contributed by atoms with Gasteiger partial charge in [-0.15, -0.1) is 11.3 Å². The smallest absolute Gasteiger partial charge is 0.135 e. The van der Waals surface area contributed by atoms with E-state index in [-0.39, 0.29) is 0 Å². The number of furan rings is 1. The summed E-state index contributed by atoms with van der Waals surface area (Å²) in [7, 11) is 0. The van der Waals surface area contributed by atoms with Crippen molar-refractivity contribution in [1.29, 1.82) is 0 Å². The molecule has 0 radical (unpaired) electrons. The lowest BCUT2D eigenvalue weighted by Gasteiger charge is -2.27. The van der Waals surface area contributed by atoms with Crippen molar-refractivity contribution in [3.05, 3.63) is 200 Å². The predicted molar refractivity (Wildman–Crippen MR) is 235 cm³/mol. The average molecular weight is 720 g/mol. The number of fused-ring (bicyclic) bond motifs is 7. The van der Waals surface area contributed by atoms with Gasteiger partial charge in [-0.1, -0.05) is 133 Å². The molecule has 0 bridgehead atoms. The summed E-state index contributed by atoms with van der Waals surface area (Å²) in [4.78, 5) is 2.45. The van der Waals surface area contributed by atoms with Crippen molar-refractivity contribution in [3.8, 4) is 33.4 Å². The quantitative estimate of drug-likeness (QED) is 0.170. The molecule has 3 heteroatoms. The van der Waals surface area contributed by atoms with Gasteiger partial charge in [-0.3, -0.25) is 0 Å². The number of nitrogens with zero attached hydrogens (tertiary/aromatic N) is 1. The van der Waals surface area contributed by atoms with Crippen molar-refractivity contribution in [2.24, 2.45) is 0 Å². The van der Waals surface area contributed by atoms with E-state index in [0.717, 1.165) is 55.7 Å². The van der Waals surface area contributed by atoms with Crippen molar-refractivity contribution in [2.75, 3.05) is 4.90 Å². The van der Waals surface area contributed by atoms with Crippen LogP contribution in [0.15, 0.2) is 205 Å². The highest BCUT2D eigenvalue weighted by molar-refractivity contribution is 7.26. The Morgan fingerprint density at radius 1 is 0.345 bits per heavy atom. The Kier molecular flexibility index (Phi) is 7.39. The Morgan fingerprint density at radius 3 is 1.85 bits per heavy atom. The Balaban J connectivity index is 1.13. The van der Waals surface area contributed by atoms with Gasteiger partial charge in [0.05, 0.1) is 10.4 Å². The molecule has 55 heavy (non-hydrogen) atoms. The van der Waals surface area contributed by atoms with Crippen LogP contribution < -0.4 is 4.90 Å². The highest BCUT2D eigenvalue weighted by atomic mass is 32.1. The van der Waals surface area contributed by atoms with E-state index >= 15 is 0 Å². The zero-order valence-corrected chi connectivity index (χ0v) is 30.6. The molecule has 0 saturated heterocycles. The summed E-state index contributed by atoms with van der Waals surface area (Å²) in [6.45, 7) is 0. The van der Waals surface area contributed by atoms with Crippen LogP contribution in [0.25, 0.3) is 86.3 Å². The summed E-state index contributed by atoms with van der Waals surface area (Å²) in [5.41, 5.74) is 12.2. The summed E-state index contributed by atoms with van der Waals surface area (Å²) in [6, 6.07) is 72.4. The van der Waals surface area contributed by atoms with E-state index in [4.69, 9.17) is 4.42 Å². The van der Waals surface area contributed by atoms with Gasteiger partial charge in [0.1, 0.15) is 11.2 Å². The average Bonchev–Trinajstić information content (AvgIpc) is 3.83. The lowest BCUT2D eigenvalue weighted by Crippen LogP contribution is -2.10. The number of hydrogen-bond donors (Lipinski definition) is 0. The molecule has 0 aliphatic rings. The van der Waals surface area contributed by atoms with Gasteiger partial charge in [0, 0.05) is 37.6 Å². The van der Waals surface area contributed by atoms with Crippen LogP contribution in [0.3, 0.4) is 0 Å². The van der Waals surface area contributed by atoms with Crippen molar-refractivity contribution in [3.63, 3.8) is 0 Å². The van der Waals surface area contributed by atoms with Crippen molar-refractivity contribution in [1.82, 2.24) is 0 Å². The zero-order valence-electron chi connectivity index (χ0n) is 29.8. The van der Waals surface area contributed by atoms with Crippen molar-refractivity contribution >= 4 is 81.3 Å². The van der Waals surface area contributed by atoms with Crippen LogP contribution in [-0.2, 0) is 0 Å². The highest BCUT2D eigenvalue weighted by Crippen LogP contribution is 2.47. The molecule has 11 rings (SSSR count). The number of rotatable bonds is 6. The van der Waals surface area contributed by atoms with Gasteiger partial charge in [-0.2, -0.15) is 0 Å². The second kappa shape index (κ2) is 12.9. The molecule has 0 amide bonds. The molecule has 0 aliphatic carbocycles. The Bertz CT molecular complexity index is 3210. The fourth-order valence-electron chi connectivity index (χ4n) is 8.12. The third-order valence-corrected chi connectivity index (χ3v) is 12.0. The van der Waals surface area contributed by atoms with Crippen LogP contribution in [0.1, 0.15) is 0 Å². The molecule has 11 aromatic rings. The first-order chi connectivity index (χ1) is 27.2. The molecule has 2 heterocycles. The van der Waals surface area contributed by atoms with E-state index in [1.54, 1.807) is 0 Å². The van der Waals surface area contributed by atoms with Crippen LogP contribution in [-0.4, -0.2) is 0 Å². The topological polar surface area (TPSA) is 16.4 Å². The third-order valence-electron chi connectivity index (χ3n) is 10.8. The monoisotopic (exact) mass is 719 g/mol. The van der Waals surface area contributed by atoms with Gasteiger partial charge in [-0.05, 0) is 111 Å². The molecular formula is C52H33NOS. The van der Waals surface area contributed by atoms with Gasteiger partial charge in [-0.25, -0.2) is 0 Å². The second-order valence-electron chi connectivity index (χ2n) is 14.1. The summed E-state index contributed by atoms with van der Waals surface area (Å²) in [5.74, 6) is 0. The van der Waals surface area contributed by atoms with E-state index < -0.39 is 0 Å². The second-order valence-corrected chi connectivity index (χ2v) is 15.2. The molecule has 0 fully saturated rings. The molecule has 2 aromatic heterocycles. The number of hydrogen-bond acceptors (Lipinski definition) is 3. The Labute approximate surface area is 322 Å². The van der Waals surface area contributed by atoms with Crippen LogP contribution in [0.5, 0.6) is 0 Å². The lowest BCUT2D eigenvalue weighted by molar-refractivity contribution is 0.669. The molecule has 0 aliphatic heterocycles. The molecule has 258 valence electrons. The van der Waals surface area contributed by atoms with E-state index in [0.29, 0.717) is 0 Å². The minimum absolute atomic E-state index is 0.897. The zero-order chi connectivity index (χ0) is 36.3. The Morgan fingerprint density at radius 2 is 0.982 bits per heavy atom. The maximum Gasteiger partial charge on any atom is 0.135 e. The fourth-order valence-corrected chi connectivity index (χ4v) is 9.32. The molecule has 0 N–H and O–H groups in total. The maximum atomic E-state index is 6.24. The Hall–Kier alpha value is -6.94. The highest BCUT2D eigenvalue weighted by Gasteiger charge is 2.20. The van der Waals surface area contributed by atoms with E-state index in [1.165, 1.54) is 47.6 Å². The lowest BCUT2D eigenvalue weighted by atomic mass is 9.96. The summed E-state index contributed by atoms with van der Waals surface area (Å²) in [5, 5.41) is 7.30. The van der Waals surface area contributed by atoms with Gasteiger partial charge in [0.25, 0.3) is 0 Å². The van der Waals surface area contributed by atoms with Gasteiger partial charge in [0.15, 0.2) is 0 Å². The van der Waals surface area contributed by atoms with Crippen LogP contribution in [0, 0.1) is 0 Å². The van der Waals surface area contributed by atoms with Crippen LogP contribution in [0.4, 0.5) is 17.1 Å². The molecular weight excluding hydrogens is 687 g/mol. The molecule has 0 unspecified atom stereocenters. The first kappa shape index (κ1) is 31.6. The molecule has 0 saturated carbocycles. The van der Waals surface area contributed by atoms with E-state index in [9.17, 15) is 0 Å². The first-order valence-electron chi connectivity index (χ1n) is 18.7. The molecule has 2 nitrogen and oxygen atoms in total. The normalized spacial score (nSPS) is 11.6. The minimum atomic E-state index is 0.897. The molecule has 9 aromatic carbocycles. The van der Waals surface area contributed by atoms with Crippen molar-refractivity contribution in [2.45, 2.75) is 0 Å². The third kappa shape index (κ3) is 5.48. The number of thiophene rings is 1. The SMILES string of the molecule is c1ccc(-c2cc(-c3ccc4oc5ccccc5c4c3)cc(N(c3ccc(-c4ccc5ccccc5c4)cc3)c3cccc4c3sc3ccccc34)c2)cc1. The summed E-state index contributed by atoms with van der Waals surface area (Å²) < 4.78 is 8.79. The van der Waals surface area contributed by atoms with E-state index in [2.05, 4.69) is 193 Å². The minimum Gasteiger partial charge on any atom is -0.456 e. The van der Waals surface area contributed by atoms with E-state index in [1.807, 2.05) is 23.5 Å². The van der Waals surface area contributed by atoms with Crippen molar-refractivity contribution < 1.29 is 4.42 Å². The van der Waals surface area contributed by atoms with Crippen LogP contribution >= 0.6 is 11.3 Å². The first-order valence-corrected chi connectivity index (χ1v) is 19.5. The maximum absolute atomic E-state index is 6.24. The van der Waals surface area contributed by atoms with Gasteiger partial charge < -0.3 is 9.32 Å². The molecule has 0 atom stereocenters.